The van der Waals surface area contributed by atoms with Gasteiger partial charge in [0.25, 0.3) is 0 Å². The molecule has 0 aliphatic carbocycles. The van der Waals surface area contributed by atoms with Crippen molar-refractivity contribution >= 4 is 22.4 Å². The fourth-order valence-electron chi connectivity index (χ4n) is 2.11. The van der Waals surface area contributed by atoms with Crippen LogP contribution in [0.15, 0.2) is 29.6 Å². The van der Waals surface area contributed by atoms with E-state index >= 15 is 0 Å². The van der Waals surface area contributed by atoms with E-state index in [0.717, 1.165) is 11.3 Å². The van der Waals surface area contributed by atoms with Crippen molar-refractivity contribution in [1.82, 2.24) is 10.3 Å². The molecule has 0 bridgehead atoms. The van der Waals surface area contributed by atoms with E-state index in [4.69, 9.17) is 4.74 Å². The second-order valence-electron chi connectivity index (χ2n) is 4.97. The molecule has 0 radical (unpaired) electrons. The summed E-state index contributed by atoms with van der Waals surface area (Å²) in [4.78, 5) is 16.5. The predicted molar refractivity (Wildman–Crippen MR) is 83.5 cm³/mol. The Kier molecular flexibility index (Phi) is 4.28. The maximum atomic E-state index is 12.1. The van der Waals surface area contributed by atoms with Crippen molar-refractivity contribution in [3.8, 4) is 11.3 Å². The largest absolute Gasteiger partial charge is 0.378 e. The number of amides is 1. The van der Waals surface area contributed by atoms with E-state index in [1.165, 1.54) is 16.9 Å². The van der Waals surface area contributed by atoms with Gasteiger partial charge in [-0.05, 0) is 6.92 Å². The first kappa shape index (κ1) is 14.2. The number of aromatic nitrogens is 1. The lowest BCUT2D eigenvalue weighted by molar-refractivity contribution is -0.120. The Hall–Kier alpha value is -1.76. The van der Waals surface area contributed by atoms with Gasteiger partial charge in [0.2, 0.25) is 5.91 Å². The number of carbonyl (C=O) groups is 1. The van der Waals surface area contributed by atoms with Gasteiger partial charge in [-0.15, -0.1) is 11.3 Å². The van der Waals surface area contributed by atoms with Crippen LogP contribution in [0.2, 0.25) is 0 Å². The molecule has 1 amide bonds. The number of aryl methyl sites for hydroxylation is 1. The highest BCUT2D eigenvalue weighted by Gasteiger charge is 2.22. The SMILES string of the molecule is Cc1ccc(-c2csc(NC(=O)C3COCCN3)n2)cc1. The Bertz CT molecular complexity index is 618. The maximum Gasteiger partial charge on any atom is 0.245 e. The summed E-state index contributed by atoms with van der Waals surface area (Å²) in [5.74, 6) is -0.0977. The minimum Gasteiger partial charge on any atom is -0.378 e. The molecule has 1 aromatic carbocycles. The number of nitrogens with one attached hydrogen (secondary N) is 2. The number of thiazole rings is 1. The highest BCUT2D eigenvalue weighted by molar-refractivity contribution is 7.14. The van der Waals surface area contributed by atoms with Gasteiger partial charge in [-0.1, -0.05) is 29.8 Å². The highest BCUT2D eigenvalue weighted by atomic mass is 32.1. The van der Waals surface area contributed by atoms with E-state index < -0.39 is 0 Å². The maximum absolute atomic E-state index is 12.1. The summed E-state index contributed by atoms with van der Waals surface area (Å²) in [6.45, 7) is 3.81. The average molecular weight is 303 g/mol. The molecule has 1 saturated heterocycles. The Morgan fingerprint density at radius 1 is 1.43 bits per heavy atom. The number of carbonyl (C=O) groups excluding carboxylic acids is 1. The second-order valence-corrected chi connectivity index (χ2v) is 5.83. The van der Waals surface area contributed by atoms with Crippen LogP contribution in [-0.2, 0) is 9.53 Å². The number of ether oxygens (including phenoxy) is 1. The number of hydrogen-bond donors (Lipinski definition) is 2. The van der Waals surface area contributed by atoms with Gasteiger partial charge in [0.15, 0.2) is 5.13 Å². The molecular formula is C15H17N3O2S. The average Bonchev–Trinajstić information content (AvgIpc) is 2.97. The molecular weight excluding hydrogens is 286 g/mol. The molecule has 6 heteroatoms. The van der Waals surface area contributed by atoms with Crippen LogP contribution >= 0.6 is 11.3 Å². The lowest BCUT2D eigenvalue weighted by atomic mass is 10.1. The number of rotatable bonds is 3. The summed E-state index contributed by atoms with van der Waals surface area (Å²) < 4.78 is 5.29. The Morgan fingerprint density at radius 3 is 2.95 bits per heavy atom. The summed E-state index contributed by atoms with van der Waals surface area (Å²) in [6.07, 6.45) is 0. The minimum absolute atomic E-state index is 0.0977. The van der Waals surface area contributed by atoms with E-state index in [1.807, 2.05) is 17.5 Å². The van der Waals surface area contributed by atoms with E-state index in [9.17, 15) is 4.79 Å². The molecule has 2 aromatic rings. The molecule has 0 saturated carbocycles. The molecule has 2 N–H and O–H groups in total. The zero-order valence-corrected chi connectivity index (χ0v) is 12.6. The van der Waals surface area contributed by atoms with Crippen molar-refractivity contribution < 1.29 is 9.53 Å². The fourth-order valence-corrected chi connectivity index (χ4v) is 2.84. The molecule has 21 heavy (non-hydrogen) atoms. The van der Waals surface area contributed by atoms with Gasteiger partial charge >= 0.3 is 0 Å². The highest BCUT2D eigenvalue weighted by Crippen LogP contribution is 2.25. The standard InChI is InChI=1S/C15H17N3O2S/c1-10-2-4-11(5-3-10)13-9-21-15(17-13)18-14(19)12-8-20-7-6-16-12/h2-5,9,12,16H,6-8H2,1H3,(H,17,18,19). The number of morpholine rings is 1. The van der Waals surface area contributed by atoms with Gasteiger partial charge in [-0.2, -0.15) is 0 Å². The summed E-state index contributed by atoms with van der Waals surface area (Å²) in [6, 6.07) is 7.87. The lowest BCUT2D eigenvalue weighted by Gasteiger charge is -2.22. The predicted octanol–water partition coefficient (Wildman–Crippen LogP) is 2.05. The van der Waals surface area contributed by atoms with E-state index in [2.05, 4.69) is 34.7 Å². The van der Waals surface area contributed by atoms with Crippen LogP contribution in [-0.4, -0.2) is 36.7 Å². The normalized spacial score (nSPS) is 18.4. The molecule has 1 atom stereocenters. The van der Waals surface area contributed by atoms with E-state index in [1.54, 1.807) is 0 Å². The fraction of sp³-hybridized carbons (Fsp3) is 0.333. The third kappa shape index (κ3) is 3.47. The van der Waals surface area contributed by atoms with Crippen LogP contribution in [0.3, 0.4) is 0 Å². The molecule has 1 unspecified atom stereocenters. The first-order valence-electron chi connectivity index (χ1n) is 6.87. The van der Waals surface area contributed by atoms with Crippen molar-refractivity contribution in [3.63, 3.8) is 0 Å². The third-order valence-electron chi connectivity index (χ3n) is 3.32. The number of benzene rings is 1. The lowest BCUT2D eigenvalue weighted by Crippen LogP contribution is -2.48. The number of anilines is 1. The topological polar surface area (TPSA) is 63.2 Å². The molecule has 1 aliphatic heterocycles. The van der Waals surface area contributed by atoms with Crippen molar-refractivity contribution in [2.45, 2.75) is 13.0 Å². The smallest absolute Gasteiger partial charge is 0.245 e. The van der Waals surface area contributed by atoms with Crippen molar-refractivity contribution in [3.05, 3.63) is 35.2 Å². The number of hydrogen-bond acceptors (Lipinski definition) is 5. The summed E-state index contributed by atoms with van der Waals surface area (Å²) in [7, 11) is 0. The quantitative estimate of drug-likeness (QED) is 0.911. The van der Waals surface area contributed by atoms with E-state index in [0.29, 0.717) is 24.9 Å². The Balaban J connectivity index is 1.67. The van der Waals surface area contributed by atoms with Gasteiger partial charge in [0.05, 0.1) is 18.9 Å². The molecule has 2 heterocycles. The molecule has 5 nitrogen and oxygen atoms in total. The third-order valence-corrected chi connectivity index (χ3v) is 4.08. The van der Waals surface area contributed by atoms with Gasteiger partial charge in [0.1, 0.15) is 6.04 Å². The van der Waals surface area contributed by atoms with Crippen LogP contribution in [0, 0.1) is 6.92 Å². The Labute approximate surface area is 127 Å². The molecule has 0 spiro atoms. The Morgan fingerprint density at radius 2 is 2.24 bits per heavy atom. The molecule has 1 aromatic heterocycles. The summed E-state index contributed by atoms with van der Waals surface area (Å²) in [5.41, 5.74) is 3.14. The zero-order chi connectivity index (χ0) is 14.7. The van der Waals surface area contributed by atoms with Crippen LogP contribution in [0.4, 0.5) is 5.13 Å². The number of nitrogens with zero attached hydrogens (tertiary/aromatic N) is 1. The van der Waals surface area contributed by atoms with Gasteiger partial charge in [-0.25, -0.2) is 4.98 Å². The molecule has 110 valence electrons. The van der Waals surface area contributed by atoms with Gasteiger partial charge < -0.3 is 15.4 Å². The van der Waals surface area contributed by atoms with Crippen molar-refractivity contribution in [2.24, 2.45) is 0 Å². The van der Waals surface area contributed by atoms with Crippen LogP contribution < -0.4 is 10.6 Å². The second kappa shape index (κ2) is 6.34. The van der Waals surface area contributed by atoms with E-state index in [-0.39, 0.29) is 11.9 Å². The molecule has 3 rings (SSSR count). The first-order chi connectivity index (χ1) is 10.2. The zero-order valence-electron chi connectivity index (χ0n) is 11.8. The van der Waals surface area contributed by atoms with Crippen LogP contribution in [0.1, 0.15) is 5.56 Å². The molecule has 1 aliphatic rings. The summed E-state index contributed by atoms with van der Waals surface area (Å²) in [5, 5.41) is 8.53. The van der Waals surface area contributed by atoms with Crippen LogP contribution in [0.5, 0.6) is 0 Å². The van der Waals surface area contributed by atoms with Crippen LogP contribution in [0.25, 0.3) is 11.3 Å². The van der Waals surface area contributed by atoms with Gasteiger partial charge in [0, 0.05) is 17.5 Å². The summed E-state index contributed by atoms with van der Waals surface area (Å²) >= 11 is 1.43. The molecule has 1 fully saturated rings. The van der Waals surface area contributed by atoms with Gasteiger partial charge in [-0.3, -0.25) is 4.79 Å². The first-order valence-corrected chi connectivity index (χ1v) is 7.75. The minimum atomic E-state index is -0.300. The van der Waals surface area contributed by atoms with Crippen molar-refractivity contribution in [2.75, 3.05) is 25.1 Å². The monoisotopic (exact) mass is 303 g/mol. The van der Waals surface area contributed by atoms with Crippen molar-refractivity contribution in [1.29, 1.82) is 0 Å².